The molecular weight excluding hydrogens is 288 g/mol. The van der Waals surface area contributed by atoms with Crippen LogP contribution in [0.15, 0.2) is 11.6 Å². The van der Waals surface area contributed by atoms with Crippen LogP contribution in [0.2, 0.25) is 0 Å². The predicted molar refractivity (Wildman–Crippen MR) is 79.2 cm³/mol. The number of H-pyrrole nitrogens is 1. The first-order valence-corrected chi connectivity index (χ1v) is 7.81. The third-order valence-electron chi connectivity index (χ3n) is 3.45. The molecule has 1 aliphatic heterocycles. The number of nitrogens with zero attached hydrogens (tertiary/aromatic N) is 3. The molecule has 3 rings (SSSR count). The lowest BCUT2D eigenvalue weighted by Crippen LogP contribution is -2.43. The molecule has 1 N–H and O–H groups in total. The first kappa shape index (κ1) is 14.2. The number of nitrogens with one attached hydrogen (secondary N) is 1. The van der Waals surface area contributed by atoms with Crippen LogP contribution in [0.1, 0.15) is 28.3 Å². The van der Waals surface area contributed by atoms with E-state index in [-0.39, 0.29) is 12.0 Å². The highest BCUT2D eigenvalue weighted by atomic mass is 32.1. The highest BCUT2D eigenvalue weighted by Gasteiger charge is 2.27. The molecule has 0 aromatic carbocycles. The molecule has 1 saturated heterocycles. The Bertz CT molecular complexity index is 636. The lowest BCUT2D eigenvalue weighted by molar-refractivity contribution is -0.138. The van der Waals surface area contributed by atoms with Crippen molar-refractivity contribution in [1.82, 2.24) is 19.9 Å². The molecule has 7 heteroatoms. The molecule has 1 atom stereocenters. The number of morpholine rings is 1. The molecule has 0 bridgehead atoms. The van der Waals surface area contributed by atoms with Crippen molar-refractivity contribution in [3.8, 4) is 0 Å². The van der Waals surface area contributed by atoms with Crippen LogP contribution in [0.25, 0.3) is 0 Å². The number of carbonyl (C=O) groups is 1. The Labute approximate surface area is 127 Å². The number of aromatic nitrogens is 3. The van der Waals surface area contributed by atoms with E-state index in [0.717, 1.165) is 22.2 Å². The second kappa shape index (κ2) is 5.95. The van der Waals surface area contributed by atoms with E-state index in [1.165, 1.54) is 0 Å². The summed E-state index contributed by atoms with van der Waals surface area (Å²) in [5, 5.41) is 2.94. The minimum absolute atomic E-state index is 0.0943. The molecule has 0 spiro atoms. The van der Waals surface area contributed by atoms with Crippen LogP contribution in [0.5, 0.6) is 0 Å². The highest BCUT2D eigenvalue weighted by Crippen LogP contribution is 2.20. The van der Waals surface area contributed by atoms with Gasteiger partial charge in [0.2, 0.25) is 5.91 Å². The van der Waals surface area contributed by atoms with Gasteiger partial charge in [0.1, 0.15) is 11.9 Å². The Morgan fingerprint density at radius 2 is 2.43 bits per heavy atom. The lowest BCUT2D eigenvalue weighted by Gasteiger charge is -2.32. The van der Waals surface area contributed by atoms with E-state index in [2.05, 4.69) is 15.0 Å². The molecule has 1 amide bonds. The predicted octanol–water partition coefficient (Wildman–Crippen LogP) is 1.63. The molecule has 21 heavy (non-hydrogen) atoms. The zero-order chi connectivity index (χ0) is 14.8. The van der Waals surface area contributed by atoms with Gasteiger partial charge in [0.25, 0.3) is 0 Å². The van der Waals surface area contributed by atoms with Crippen molar-refractivity contribution in [1.29, 1.82) is 0 Å². The summed E-state index contributed by atoms with van der Waals surface area (Å²) in [6.07, 6.45) is 1.96. The normalized spacial score (nSPS) is 19.0. The number of hydrogen-bond donors (Lipinski definition) is 1. The summed E-state index contributed by atoms with van der Waals surface area (Å²) < 4.78 is 5.71. The smallest absolute Gasteiger partial charge is 0.228 e. The van der Waals surface area contributed by atoms with Crippen molar-refractivity contribution >= 4 is 17.2 Å². The third-order valence-corrected chi connectivity index (χ3v) is 4.27. The lowest BCUT2D eigenvalue weighted by atomic mass is 10.2. The van der Waals surface area contributed by atoms with E-state index >= 15 is 0 Å². The molecule has 1 fully saturated rings. The van der Waals surface area contributed by atoms with Gasteiger partial charge in [0.05, 0.1) is 30.3 Å². The average Bonchev–Trinajstić information content (AvgIpc) is 3.08. The Kier molecular flexibility index (Phi) is 4.03. The summed E-state index contributed by atoms with van der Waals surface area (Å²) in [6, 6.07) is 0. The van der Waals surface area contributed by atoms with Crippen LogP contribution in [0.4, 0.5) is 0 Å². The second-order valence-electron chi connectivity index (χ2n) is 5.19. The van der Waals surface area contributed by atoms with Gasteiger partial charge in [-0.3, -0.25) is 4.79 Å². The van der Waals surface area contributed by atoms with Crippen molar-refractivity contribution in [3.05, 3.63) is 33.8 Å². The molecule has 2 aromatic heterocycles. The van der Waals surface area contributed by atoms with Crippen molar-refractivity contribution < 1.29 is 9.53 Å². The SMILES string of the molecule is Cc1cnc([C@@H]2CN(C(=O)Cc3csc(C)n3)CCO2)[nH]1. The van der Waals surface area contributed by atoms with Gasteiger partial charge in [0, 0.05) is 23.8 Å². The maximum absolute atomic E-state index is 12.4. The van der Waals surface area contributed by atoms with Crippen molar-refractivity contribution in [3.63, 3.8) is 0 Å². The largest absolute Gasteiger partial charge is 0.367 e. The summed E-state index contributed by atoms with van der Waals surface area (Å²) in [5.41, 5.74) is 1.84. The van der Waals surface area contributed by atoms with E-state index < -0.39 is 0 Å². The Morgan fingerprint density at radius 3 is 3.10 bits per heavy atom. The topological polar surface area (TPSA) is 71.1 Å². The first-order chi connectivity index (χ1) is 10.1. The number of hydrogen-bond acceptors (Lipinski definition) is 5. The van der Waals surface area contributed by atoms with E-state index in [9.17, 15) is 4.79 Å². The van der Waals surface area contributed by atoms with Gasteiger partial charge in [-0.25, -0.2) is 9.97 Å². The minimum Gasteiger partial charge on any atom is -0.367 e. The molecule has 1 aliphatic rings. The number of thiazole rings is 1. The fourth-order valence-corrected chi connectivity index (χ4v) is 3.01. The van der Waals surface area contributed by atoms with Gasteiger partial charge in [-0.15, -0.1) is 11.3 Å². The van der Waals surface area contributed by atoms with E-state index in [1.54, 1.807) is 17.5 Å². The van der Waals surface area contributed by atoms with E-state index in [0.29, 0.717) is 26.1 Å². The monoisotopic (exact) mass is 306 g/mol. The number of aromatic amines is 1. The van der Waals surface area contributed by atoms with Crippen LogP contribution in [-0.4, -0.2) is 45.5 Å². The quantitative estimate of drug-likeness (QED) is 0.935. The molecule has 0 radical (unpaired) electrons. The van der Waals surface area contributed by atoms with Crippen molar-refractivity contribution in [2.45, 2.75) is 26.4 Å². The van der Waals surface area contributed by atoms with Gasteiger partial charge in [-0.2, -0.15) is 0 Å². The summed E-state index contributed by atoms with van der Waals surface area (Å²) in [6.45, 7) is 5.59. The van der Waals surface area contributed by atoms with Crippen LogP contribution >= 0.6 is 11.3 Å². The van der Waals surface area contributed by atoms with Gasteiger partial charge in [-0.1, -0.05) is 0 Å². The standard InChI is InChI=1S/C14H18N4O2S/c1-9-6-15-14(16-9)12-7-18(3-4-20-12)13(19)5-11-8-21-10(2)17-11/h6,8,12H,3-5,7H2,1-2H3,(H,15,16)/t12-/m0/s1. The van der Waals surface area contributed by atoms with Gasteiger partial charge >= 0.3 is 0 Å². The number of ether oxygens (including phenoxy) is 1. The summed E-state index contributed by atoms with van der Waals surface area (Å²) in [7, 11) is 0. The van der Waals surface area contributed by atoms with E-state index in [4.69, 9.17) is 4.74 Å². The number of rotatable bonds is 3. The molecule has 0 unspecified atom stereocenters. The second-order valence-corrected chi connectivity index (χ2v) is 6.25. The maximum atomic E-state index is 12.4. The number of imidazole rings is 1. The van der Waals surface area contributed by atoms with Gasteiger partial charge in [0.15, 0.2) is 0 Å². The van der Waals surface area contributed by atoms with E-state index in [1.807, 2.05) is 24.1 Å². The fourth-order valence-electron chi connectivity index (χ4n) is 2.39. The van der Waals surface area contributed by atoms with Gasteiger partial charge < -0.3 is 14.6 Å². The molecule has 0 aliphatic carbocycles. The fraction of sp³-hybridized carbons (Fsp3) is 0.500. The summed E-state index contributed by atoms with van der Waals surface area (Å²) in [4.78, 5) is 26.0. The Balaban J connectivity index is 1.64. The molecule has 6 nitrogen and oxygen atoms in total. The molecule has 112 valence electrons. The summed E-state index contributed by atoms with van der Waals surface area (Å²) >= 11 is 1.57. The van der Waals surface area contributed by atoms with Crippen LogP contribution < -0.4 is 0 Å². The molecule has 2 aromatic rings. The zero-order valence-electron chi connectivity index (χ0n) is 12.1. The minimum atomic E-state index is -0.173. The maximum Gasteiger partial charge on any atom is 0.228 e. The Morgan fingerprint density at radius 1 is 1.57 bits per heavy atom. The van der Waals surface area contributed by atoms with Crippen molar-refractivity contribution in [2.75, 3.05) is 19.7 Å². The van der Waals surface area contributed by atoms with Crippen LogP contribution in [0, 0.1) is 13.8 Å². The van der Waals surface area contributed by atoms with Crippen LogP contribution in [0.3, 0.4) is 0 Å². The number of amides is 1. The highest BCUT2D eigenvalue weighted by molar-refractivity contribution is 7.09. The Hall–Kier alpha value is -1.73. The summed E-state index contributed by atoms with van der Waals surface area (Å²) in [5.74, 6) is 0.881. The first-order valence-electron chi connectivity index (χ1n) is 6.93. The van der Waals surface area contributed by atoms with Crippen molar-refractivity contribution in [2.24, 2.45) is 0 Å². The van der Waals surface area contributed by atoms with Crippen LogP contribution in [-0.2, 0) is 16.0 Å². The number of aryl methyl sites for hydroxylation is 2. The molecule has 3 heterocycles. The number of carbonyl (C=O) groups excluding carboxylic acids is 1. The third kappa shape index (κ3) is 3.30. The van der Waals surface area contributed by atoms with Gasteiger partial charge in [-0.05, 0) is 13.8 Å². The molecular formula is C14H18N4O2S. The average molecular weight is 306 g/mol. The molecule has 0 saturated carbocycles. The zero-order valence-corrected chi connectivity index (χ0v) is 12.9.